The van der Waals surface area contributed by atoms with Crippen molar-refractivity contribution in [3.63, 3.8) is 0 Å². The van der Waals surface area contributed by atoms with E-state index in [4.69, 9.17) is 9.84 Å². The third-order valence-corrected chi connectivity index (χ3v) is 3.64. The van der Waals surface area contributed by atoms with Gasteiger partial charge in [0.05, 0.1) is 12.5 Å². The van der Waals surface area contributed by atoms with E-state index in [1.165, 1.54) is 0 Å². The molecule has 2 unspecified atom stereocenters. The average molecular weight is 227 g/mol. The van der Waals surface area contributed by atoms with Crippen LogP contribution in [0.25, 0.3) is 0 Å². The minimum Gasteiger partial charge on any atom is -0.396 e. The molecule has 2 aliphatic heterocycles. The highest BCUT2D eigenvalue weighted by Crippen LogP contribution is 2.23. The van der Waals surface area contributed by atoms with Gasteiger partial charge in [0.15, 0.2) is 0 Å². The van der Waals surface area contributed by atoms with Crippen LogP contribution in [0.15, 0.2) is 0 Å². The van der Waals surface area contributed by atoms with Gasteiger partial charge in [0.2, 0.25) is 5.91 Å². The number of aliphatic hydroxyl groups excluding tert-OH is 1. The zero-order valence-corrected chi connectivity index (χ0v) is 9.73. The highest BCUT2D eigenvalue weighted by molar-refractivity contribution is 5.79. The van der Waals surface area contributed by atoms with Gasteiger partial charge in [-0.15, -0.1) is 0 Å². The first-order valence-electron chi connectivity index (χ1n) is 6.28. The van der Waals surface area contributed by atoms with Gasteiger partial charge in [0, 0.05) is 26.3 Å². The van der Waals surface area contributed by atoms with Gasteiger partial charge in [0.1, 0.15) is 0 Å². The van der Waals surface area contributed by atoms with Gasteiger partial charge in [0.25, 0.3) is 0 Å². The predicted octanol–water partition coefficient (Wildman–Crippen LogP) is 0.644. The monoisotopic (exact) mass is 227 g/mol. The molecule has 0 radical (unpaired) electrons. The molecule has 4 nitrogen and oxygen atoms in total. The molecule has 0 aliphatic carbocycles. The second-order valence-corrected chi connectivity index (χ2v) is 4.87. The van der Waals surface area contributed by atoms with Crippen molar-refractivity contribution in [2.75, 3.05) is 32.9 Å². The second kappa shape index (κ2) is 5.64. The molecule has 0 bridgehead atoms. The van der Waals surface area contributed by atoms with Gasteiger partial charge >= 0.3 is 0 Å². The highest BCUT2D eigenvalue weighted by atomic mass is 16.5. The summed E-state index contributed by atoms with van der Waals surface area (Å²) in [4.78, 5) is 14.1. The fourth-order valence-electron chi connectivity index (χ4n) is 2.64. The van der Waals surface area contributed by atoms with Crippen LogP contribution >= 0.6 is 0 Å². The number of hydrogen-bond acceptors (Lipinski definition) is 3. The molecule has 0 aromatic heterocycles. The quantitative estimate of drug-likeness (QED) is 0.770. The van der Waals surface area contributed by atoms with Crippen molar-refractivity contribution in [3.8, 4) is 0 Å². The Hall–Kier alpha value is -0.610. The maximum atomic E-state index is 12.1. The molecule has 0 saturated carbocycles. The Labute approximate surface area is 96.6 Å². The lowest BCUT2D eigenvalue weighted by molar-refractivity contribution is -0.138. The van der Waals surface area contributed by atoms with Gasteiger partial charge < -0.3 is 14.7 Å². The van der Waals surface area contributed by atoms with Crippen molar-refractivity contribution in [1.82, 2.24) is 4.90 Å². The van der Waals surface area contributed by atoms with Crippen molar-refractivity contribution < 1.29 is 14.6 Å². The number of likely N-dealkylation sites (tertiary alicyclic amines) is 1. The molecule has 1 N–H and O–H groups in total. The van der Waals surface area contributed by atoms with E-state index < -0.39 is 0 Å². The molecule has 92 valence electrons. The second-order valence-electron chi connectivity index (χ2n) is 4.87. The van der Waals surface area contributed by atoms with Crippen LogP contribution in [0.4, 0.5) is 0 Å². The Bertz CT molecular complexity index is 238. The van der Waals surface area contributed by atoms with Gasteiger partial charge in [-0.1, -0.05) is 0 Å². The fraction of sp³-hybridized carbons (Fsp3) is 0.917. The largest absolute Gasteiger partial charge is 0.396 e. The number of aliphatic hydroxyl groups is 1. The van der Waals surface area contributed by atoms with E-state index in [0.29, 0.717) is 12.5 Å². The van der Waals surface area contributed by atoms with E-state index in [0.717, 1.165) is 45.4 Å². The summed E-state index contributed by atoms with van der Waals surface area (Å²) < 4.78 is 5.35. The number of amides is 1. The molecule has 4 heteroatoms. The molecule has 16 heavy (non-hydrogen) atoms. The molecule has 2 saturated heterocycles. The van der Waals surface area contributed by atoms with Crippen LogP contribution < -0.4 is 0 Å². The summed E-state index contributed by atoms with van der Waals surface area (Å²) in [6.07, 6.45) is 3.84. The number of rotatable bonds is 3. The third kappa shape index (κ3) is 2.74. The summed E-state index contributed by atoms with van der Waals surface area (Å²) in [5, 5.41) is 8.88. The summed E-state index contributed by atoms with van der Waals surface area (Å²) in [6.45, 7) is 3.33. The summed E-state index contributed by atoms with van der Waals surface area (Å²) >= 11 is 0. The maximum Gasteiger partial charge on any atom is 0.228 e. The van der Waals surface area contributed by atoms with Gasteiger partial charge in [-0.2, -0.15) is 0 Å². The highest BCUT2D eigenvalue weighted by Gasteiger charge is 2.31. The lowest BCUT2D eigenvalue weighted by Crippen LogP contribution is -2.38. The maximum absolute atomic E-state index is 12.1. The fourth-order valence-corrected chi connectivity index (χ4v) is 2.64. The molecule has 2 atom stereocenters. The first kappa shape index (κ1) is 11.9. The van der Waals surface area contributed by atoms with Crippen LogP contribution in [0.2, 0.25) is 0 Å². The zero-order valence-electron chi connectivity index (χ0n) is 9.73. The Morgan fingerprint density at radius 2 is 2.31 bits per heavy atom. The lowest BCUT2D eigenvalue weighted by atomic mass is 10.0. The molecule has 0 aromatic rings. The Morgan fingerprint density at radius 3 is 3.00 bits per heavy atom. The van der Waals surface area contributed by atoms with Crippen LogP contribution in [0, 0.1) is 11.8 Å². The molecular formula is C12H21NO3. The summed E-state index contributed by atoms with van der Waals surface area (Å²) in [7, 11) is 0. The predicted molar refractivity (Wildman–Crippen MR) is 59.9 cm³/mol. The molecular weight excluding hydrogens is 206 g/mol. The molecule has 2 fully saturated rings. The summed E-state index contributed by atoms with van der Waals surface area (Å²) in [6, 6.07) is 0. The van der Waals surface area contributed by atoms with E-state index in [1.54, 1.807) is 0 Å². The van der Waals surface area contributed by atoms with Gasteiger partial charge in [-0.3, -0.25) is 4.79 Å². The lowest BCUT2D eigenvalue weighted by Gasteiger charge is -2.26. The van der Waals surface area contributed by atoms with Gasteiger partial charge in [-0.25, -0.2) is 0 Å². The van der Waals surface area contributed by atoms with Crippen LogP contribution in [-0.2, 0) is 9.53 Å². The average Bonchev–Trinajstić information content (AvgIpc) is 2.78. The summed E-state index contributed by atoms with van der Waals surface area (Å²) in [5.41, 5.74) is 0. The number of nitrogens with zero attached hydrogens (tertiary/aromatic N) is 1. The molecule has 1 amide bonds. The van der Waals surface area contributed by atoms with E-state index in [2.05, 4.69) is 0 Å². The van der Waals surface area contributed by atoms with Crippen LogP contribution in [0.5, 0.6) is 0 Å². The van der Waals surface area contributed by atoms with Crippen LogP contribution in [0.3, 0.4) is 0 Å². The molecule has 0 spiro atoms. The Morgan fingerprint density at radius 1 is 1.44 bits per heavy atom. The minimum absolute atomic E-state index is 0.0848. The van der Waals surface area contributed by atoms with E-state index in [-0.39, 0.29) is 18.4 Å². The smallest absolute Gasteiger partial charge is 0.228 e. The topological polar surface area (TPSA) is 49.8 Å². The van der Waals surface area contributed by atoms with Crippen molar-refractivity contribution in [1.29, 1.82) is 0 Å². The zero-order chi connectivity index (χ0) is 11.4. The van der Waals surface area contributed by atoms with Crippen LogP contribution in [-0.4, -0.2) is 48.8 Å². The minimum atomic E-state index is 0.0848. The molecule has 2 aliphatic rings. The Balaban J connectivity index is 1.81. The van der Waals surface area contributed by atoms with E-state index >= 15 is 0 Å². The third-order valence-electron chi connectivity index (χ3n) is 3.64. The van der Waals surface area contributed by atoms with E-state index in [9.17, 15) is 4.79 Å². The van der Waals surface area contributed by atoms with Crippen molar-refractivity contribution >= 4 is 5.91 Å². The summed E-state index contributed by atoms with van der Waals surface area (Å²) in [5.74, 6) is 0.847. The van der Waals surface area contributed by atoms with Crippen molar-refractivity contribution in [2.45, 2.75) is 25.7 Å². The molecule has 2 rings (SSSR count). The number of ether oxygens (including phenoxy) is 1. The van der Waals surface area contributed by atoms with E-state index in [1.807, 2.05) is 4.90 Å². The first-order chi connectivity index (χ1) is 7.81. The van der Waals surface area contributed by atoms with Crippen molar-refractivity contribution in [3.05, 3.63) is 0 Å². The number of hydrogen-bond donors (Lipinski definition) is 1. The first-order valence-corrected chi connectivity index (χ1v) is 6.28. The standard InChI is InChI=1S/C12H21NO3/c14-6-4-10-3-5-13(8-10)12(15)11-2-1-7-16-9-11/h10-11,14H,1-9H2. The molecule has 0 aromatic carbocycles. The van der Waals surface area contributed by atoms with Gasteiger partial charge in [-0.05, 0) is 31.6 Å². The SMILES string of the molecule is O=C(C1CCCOC1)N1CCC(CCO)C1. The Kier molecular flexibility index (Phi) is 4.18. The number of carbonyl (C=O) groups is 1. The van der Waals surface area contributed by atoms with Crippen LogP contribution in [0.1, 0.15) is 25.7 Å². The van der Waals surface area contributed by atoms with Crippen molar-refractivity contribution in [2.24, 2.45) is 11.8 Å². The normalized spacial score (nSPS) is 30.7. The molecule has 2 heterocycles. The number of carbonyl (C=O) groups excluding carboxylic acids is 1.